The van der Waals surface area contributed by atoms with Gasteiger partial charge < -0.3 is 9.47 Å². The van der Waals surface area contributed by atoms with Gasteiger partial charge in [-0.3, -0.25) is 0 Å². The van der Waals surface area contributed by atoms with Crippen LogP contribution in [0, 0.1) is 11.8 Å². The van der Waals surface area contributed by atoms with Crippen LogP contribution in [0.4, 0.5) is 13.2 Å². The molecule has 0 spiro atoms. The fourth-order valence-corrected chi connectivity index (χ4v) is 5.75. The van der Waals surface area contributed by atoms with Gasteiger partial charge in [-0.05, 0) is 80.6 Å². The molecule has 0 N–H and O–H groups in total. The number of rotatable bonds is 7. The van der Waals surface area contributed by atoms with E-state index in [9.17, 15) is 18.0 Å². The number of hydrogen-bond donors (Lipinski definition) is 0. The first-order chi connectivity index (χ1) is 18.6. The van der Waals surface area contributed by atoms with Gasteiger partial charge >= 0.3 is 12.1 Å². The molecule has 0 aliphatic rings. The molecule has 4 rings (SSSR count). The molecular formula is C32H26F3O3S+. The van der Waals surface area contributed by atoms with Crippen molar-refractivity contribution < 1.29 is 27.4 Å². The van der Waals surface area contributed by atoms with E-state index in [0.717, 1.165) is 17.0 Å². The Balaban J connectivity index is 1.39. The Morgan fingerprint density at radius 3 is 1.90 bits per heavy atom. The lowest BCUT2D eigenvalue weighted by Gasteiger charge is -2.19. The Morgan fingerprint density at radius 1 is 0.769 bits per heavy atom. The van der Waals surface area contributed by atoms with Gasteiger partial charge in [-0.25, -0.2) is 4.79 Å². The molecule has 198 valence electrons. The minimum absolute atomic E-state index is 0.176. The summed E-state index contributed by atoms with van der Waals surface area (Å²) in [5, 5.41) is 0. The summed E-state index contributed by atoms with van der Waals surface area (Å²) in [6.07, 6.45) is -4.46. The van der Waals surface area contributed by atoms with Crippen molar-refractivity contribution in [1.82, 2.24) is 0 Å². The number of halogens is 3. The molecule has 4 aromatic carbocycles. The third kappa shape index (κ3) is 7.92. The quantitative estimate of drug-likeness (QED) is 0.136. The molecule has 4 aromatic rings. The summed E-state index contributed by atoms with van der Waals surface area (Å²) in [5.74, 6) is 5.24. The van der Waals surface area contributed by atoms with Gasteiger partial charge in [-0.1, -0.05) is 54.3 Å². The van der Waals surface area contributed by atoms with E-state index in [1.165, 1.54) is 21.9 Å². The molecule has 0 radical (unpaired) electrons. The molecule has 0 amide bonds. The first-order valence-electron chi connectivity index (χ1n) is 12.1. The third-order valence-corrected chi connectivity index (χ3v) is 7.67. The zero-order valence-electron chi connectivity index (χ0n) is 21.4. The number of ether oxygens (including phenoxy) is 2. The third-order valence-electron chi connectivity index (χ3n) is 5.44. The zero-order chi connectivity index (χ0) is 27.9. The van der Waals surface area contributed by atoms with Crippen molar-refractivity contribution in [2.75, 3.05) is 6.61 Å². The first kappa shape index (κ1) is 27.9. The topological polar surface area (TPSA) is 35.5 Å². The number of benzene rings is 4. The van der Waals surface area contributed by atoms with Gasteiger partial charge in [0.05, 0.1) is 16.5 Å². The maximum atomic E-state index is 12.9. The van der Waals surface area contributed by atoms with E-state index < -0.39 is 23.3 Å². The molecule has 0 aliphatic heterocycles. The van der Waals surface area contributed by atoms with Crippen molar-refractivity contribution in [3.8, 4) is 17.6 Å². The van der Waals surface area contributed by atoms with E-state index in [-0.39, 0.29) is 23.1 Å². The van der Waals surface area contributed by atoms with Gasteiger partial charge in [-0.2, -0.15) is 13.2 Å². The predicted molar refractivity (Wildman–Crippen MR) is 145 cm³/mol. The lowest BCUT2D eigenvalue weighted by molar-refractivity contribution is -0.154. The van der Waals surface area contributed by atoms with Crippen LogP contribution in [0.25, 0.3) is 0 Å². The fraction of sp³-hybridized carbons (Fsp3) is 0.156. The van der Waals surface area contributed by atoms with Crippen LogP contribution in [0.3, 0.4) is 0 Å². The van der Waals surface area contributed by atoms with E-state index in [2.05, 4.69) is 36.1 Å². The van der Waals surface area contributed by atoms with E-state index in [1.807, 2.05) is 60.7 Å². The second-order valence-corrected chi connectivity index (χ2v) is 11.0. The van der Waals surface area contributed by atoms with Crippen molar-refractivity contribution in [2.24, 2.45) is 0 Å². The highest BCUT2D eigenvalue weighted by Crippen LogP contribution is 2.32. The Labute approximate surface area is 228 Å². The lowest BCUT2D eigenvalue weighted by atomic mass is 10.1. The Hall–Kier alpha value is -4.15. The van der Waals surface area contributed by atoms with Crippen LogP contribution >= 0.6 is 0 Å². The Kier molecular flexibility index (Phi) is 8.68. The van der Waals surface area contributed by atoms with Crippen LogP contribution in [0.5, 0.6) is 5.75 Å². The smallest absolute Gasteiger partial charge is 0.416 e. The van der Waals surface area contributed by atoms with Crippen molar-refractivity contribution in [3.05, 3.63) is 120 Å². The van der Waals surface area contributed by atoms with Crippen LogP contribution < -0.4 is 4.74 Å². The van der Waals surface area contributed by atoms with E-state index in [0.29, 0.717) is 5.75 Å². The number of carbonyl (C=O) groups is 1. The summed E-state index contributed by atoms with van der Waals surface area (Å²) in [7, 11) is -0.299. The largest absolute Gasteiger partial charge is 0.482 e. The normalized spacial score (nSPS) is 11.4. The molecule has 0 fully saturated rings. The molecule has 0 aromatic heterocycles. The molecular weight excluding hydrogens is 521 g/mol. The highest BCUT2D eigenvalue weighted by molar-refractivity contribution is 7.97. The summed E-state index contributed by atoms with van der Waals surface area (Å²) < 4.78 is 49.8. The Morgan fingerprint density at radius 2 is 1.33 bits per heavy atom. The van der Waals surface area contributed by atoms with Gasteiger partial charge in [0, 0.05) is 5.56 Å². The minimum Gasteiger partial charge on any atom is -0.482 e. The van der Waals surface area contributed by atoms with Crippen LogP contribution in [0.15, 0.2) is 124 Å². The Bertz CT molecular complexity index is 1420. The first-order valence-corrected chi connectivity index (χ1v) is 13.3. The summed E-state index contributed by atoms with van der Waals surface area (Å²) in [5.41, 5.74) is -1.84. The second-order valence-electron chi connectivity index (χ2n) is 9.01. The van der Waals surface area contributed by atoms with Crippen LogP contribution in [0.1, 0.15) is 25.0 Å². The lowest BCUT2D eigenvalue weighted by Crippen LogP contribution is -2.29. The number of carbonyl (C=O) groups excluding carboxylic acids is 1. The van der Waals surface area contributed by atoms with Gasteiger partial charge in [0.15, 0.2) is 26.9 Å². The van der Waals surface area contributed by atoms with Crippen molar-refractivity contribution >= 4 is 16.9 Å². The van der Waals surface area contributed by atoms with Crippen molar-refractivity contribution in [3.63, 3.8) is 0 Å². The van der Waals surface area contributed by atoms with Gasteiger partial charge in [0.1, 0.15) is 5.75 Å². The van der Waals surface area contributed by atoms with Gasteiger partial charge in [0.25, 0.3) is 0 Å². The van der Waals surface area contributed by atoms with E-state index in [4.69, 9.17) is 9.47 Å². The van der Waals surface area contributed by atoms with E-state index >= 15 is 0 Å². The van der Waals surface area contributed by atoms with Gasteiger partial charge in [0.2, 0.25) is 0 Å². The molecule has 0 atom stereocenters. The molecule has 0 heterocycles. The number of alkyl halides is 3. The summed E-state index contributed by atoms with van der Waals surface area (Å²) >= 11 is 0. The number of esters is 1. The van der Waals surface area contributed by atoms with E-state index in [1.54, 1.807) is 13.8 Å². The van der Waals surface area contributed by atoms with Crippen molar-refractivity contribution in [1.29, 1.82) is 0 Å². The standard InChI is InChI=1S/C32H26F3O3S/c1-31(2,21-20-24-10-9-11-25(22-24)32(33,34)35)38-30(36)23-37-26-16-18-29(19-17-26)39(27-12-5-3-6-13-27)28-14-7-4-8-15-28/h3-19,22H,23H2,1-2H3/q+1. The molecule has 0 aliphatic carbocycles. The molecule has 7 heteroatoms. The molecule has 0 bridgehead atoms. The molecule has 3 nitrogen and oxygen atoms in total. The minimum atomic E-state index is -4.46. The summed E-state index contributed by atoms with van der Waals surface area (Å²) in [6.45, 7) is 2.79. The highest BCUT2D eigenvalue weighted by atomic mass is 32.2. The fourth-order valence-electron chi connectivity index (χ4n) is 3.67. The second kappa shape index (κ2) is 12.1. The van der Waals surface area contributed by atoms with Crippen molar-refractivity contribution in [2.45, 2.75) is 40.3 Å². The average Bonchev–Trinajstić information content (AvgIpc) is 2.92. The predicted octanol–water partition coefficient (Wildman–Crippen LogP) is 7.55. The molecule has 0 unspecified atom stereocenters. The average molecular weight is 548 g/mol. The monoisotopic (exact) mass is 547 g/mol. The maximum absolute atomic E-state index is 12.9. The van der Waals surface area contributed by atoms with Gasteiger partial charge in [-0.15, -0.1) is 0 Å². The van der Waals surface area contributed by atoms with Crippen LogP contribution in [-0.2, 0) is 26.6 Å². The maximum Gasteiger partial charge on any atom is 0.416 e. The number of hydrogen-bond acceptors (Lipinski definition) is 3. The summed E-state index contributed by atoms with van der Waals surface area (Å²) in [6, 6.07) is 32.8. The van der Waals surface area contributed by atoms with Crippen LogP contribution in [-0.4, -0.2) is 18.2 Å². The zero-order valence-corrected chi connectivity index (χ0v) is 22.2. The molecule has 0 saturated carbocycles. The highest BCUT2D eigenvalue weighted by Gasteiger charge is 2.30. The molecule has 0 saturated heterocycles. The summed E-state index contributed by atoms with van der Waals surface area (Å²) in [4.78, 5) is 15.9. The SMILES string of the molecule is CC(C)(C#Cc1cccc(C(F)(F)F)c1)OC(=O)COc1ccc([S+](c2ccccc2)c2ccccc2)cc1. The molecule has 39 heavy (non-hydrogen) atoms. The van der Waals surface area contributed by atoms with Crippen LogP contribution in [0.2, 0.25) is 0 Å².